The zero-order chi connectivity index (χ0) is 14.2. The van der Waals surface area contributed by atoms with Crippen LogP contribution in [0.5, 0.6) is 0 Å². The number of rotatable bonds is 2. The number of thiophene rings is 1. The molecule has 2 atom stereocenters. The molecule has 3 heterocycles. The SMILES string of the molecule is Clc1ccc([C@@H]2C[C@H](c3cccs3)Nc3ncnn32)cc1. The maximum Gasteiger partial charge on any atom is 0.222 e. The summed E-state index contributed by atoms with van der Waals surface area (Å²) < 4.78 is 1.95. The van der Waals surface area contributed by atoms with E-state index in [9.17, 15) is 0 Å². The first-order chi connectivity index (χ1) is 10.3. The third-order valence-electron chi connectivity index (χ3n) is 3.77. The molecule has 1 aliphatic rings. The summed E-state index contributed by atoms with van der Waals surface area (Å²) >= 11 is 7.76. The van der Waals surface area contributed by atoms with Gasteiger partial charge in [-0.3, -0.25) is 0 Å². The minimum absolute atomic E-state index is 0.174. The Morgan fingerprint density at radius 1 is 1.24 bits per heavy atom. The van der Waals surface area contributed by atoms with Gasteiger partial charge in [-0.25, -0.2) is 4.68 Å². The first kappa shape index (κ1) is 12.9. The molecule has 0 fully saturated rings. The molecule has 1 N–H and O–H groups in total. The van der Waals surface area contributed by atoms with Gasteiger partial charge in [-0.1, -0.05) is 29.8 Å². The Hall–Kier alpha value is -1.85. The third kappa shape index (κ3) is 2.32. The number of anilines is 1. The van der Waals surface area contributed by atoms with Crippen molar-refractivity contribution in [2.45, 2.75) is 18.5 Å². The van der Waals surface area contributed by atoms with Gasteiger partial charge in [0.05, 0.1) is 12.1 Å². The van der Waals surface area contributed by atoms with Crippen LogP contribution in [0, 0.1) is 0 Å². The lowest BCUT2D eigenvalue weighted by atomic mass is 9.97. The molecular formula is C15H13ClN4S. The van der Waals surface area contributed by atoms with Crippen LogP contribution in [0.4, 0.5) is 5.95 Å². The third-order valence-corrected chi connectivity index (χ3v) is 5.01. The molecule has 4 rings (SSSR count). The van der Waals surface area contributed by atoms with Gasteiger partial charge in [-0.15, -0.1) is 11.3 Å². The highest BCUT2D eigenvalue weighted by atomic mass is 35.5. The van der Waals surface area contributed by atoms with Crippen LogP contribution >= 0.6 is 22.9 Å². The predicted molar refractivity (Wildman–Crippen MR) is 84.9 cm³/mol. The lowest BCUT2D eigenvalue weighted by Gasteiger charge is -2.31. The van der Waals surface area contributed by atoms with Gasteiger partial charge in [0.15, 0.2) is 0 Å². The van der Waals surface area contributed by atoms with Crippen molar-refractivity contribution in [2.24, 2.45) is 0 Å². The molecule has 0 aliphatic carbocycles. The van der Waals surface area contributed by atoms with Crippen LogP contribution in [0.1, 0.15) is 28.9 Å². The van der Waals surface area contributed by atoms with E-state index in [4.69, 9.17) is 11.6 Å². The number of nitrogens with zero attached hydrogens (tertiary/aromatic N) is 3. The summed E-state index contributed by atoms with van der Waals surface area (Å²) in [5, 5.41) is 10.7. The molecule has 3 aromatic rings. The quantitative estimate of drug-likeness (QED) is 0.772. The molecule has 21 heavy (non-hydrogen) atoms. The van der Waals surface area contributed by atoms with E-state index < -0.39 is 0 Å². The van der Waals surface area contributed by atoms with Crippen LogP contribution in [0.25, 0.3) is 0 Å². The zero-order valence-corrected chi connectivity index (χ0v) is 12.7. The molecule has 0 spiro atoms. The first-order valence-electron chi connectivity index (χ1n) is 6.76. The van der Waals surface area contributed by atoms with Crippen molar-refractivity contribution in [1.29, 1.82) is 0 Å². The predicted octanol–water partition coefficient (Wildman–Crippen LogP) is 4.14. The molecule has 6 heteroatoms. The standard InChI is InChI=1S/C15H13ClN4S/c16-11-5-3-10(4-6-11)13-8-12(14-2-1-7-21-14)19-15-17-9-18-20(13)15/h1-7,9,12-13H,8H2,(H,17,18,19)/t12-,13+/m1/s1. The van der Waals surface area contributed by atoms with Crippen molar-refractivity contribution in [3.8, 4) is 0 Å². The molecule has 4 nitrogen and oxygen atoms in total. The van der Waals surface area contributed by atoms with E-state index in [1.165, 1.54) is 10.4 Å². The molecule has 0 amide bonds. The van der Waals surface area contributed by atoms with Gasteiger partial charge in [0, 0.05) is 9.90 Å². The van der Waals surface area contributed by atoms with Gasteiger partial charge < -0.3 is 5.32 Å². The summed E-state index contributed by atoms with van der Waals surface area (Å²) in [6, 6.07) is 12.7. The van der Waals surface area contributed by atoms with Gasteiger partial charge in [0.1, 0.15) is 6.33 Å². The fraction of sp³-hybridized carbons (Fsp3) is 0.200. The number of hydrogen-bond donors (Lipinski definition) is 1. The fourth-order valence-electron chi connectivity index (χ4n) is 2.76. The van der Waals surface area contributed by atoms with E-state index in [2.05, 4.69) is 45.0 Å². The van der Waals surface area contributed by atoms with Crippen LogP contribution in [0.3, 0.4) is 0 Å². The van der Waals surface area contributed by atoms with E-state index in [0.717, 1.165) is 17.4 Å². The van der Waals surface area contributed by atoms with Crippen molar-refractivity contribution >= 4 is 28.9 Å². The fourth-order valence-corrected chi connectivity index (χ4v) is 3.68. The highest BCUT2D eigenvalue weighted by Crippen LogP contribution is 2.38. The Kier molecular flexibility index (Phi) is 3.16. The van der Waals surface area contributed by atoms with E-state index in [0.29, 0.717) is 0 Å². The van der Waals surface area contributed by atoms with Gasteiger partial charge in [0.25, 0.3) is 0 Å². The summed E-state index contributed by atoms with van der Waals surface area (Å²) in [7, 11) is 0. The molecule has 0 saturated heterocycles. The minimum atomic E-state index is 0.174. The number of benzene rings is 1. The van der Waals surface area contributed by atoms with Crippen molar-refractivity contribution in [3.05, 3.63) is 63.6 Å². The summed E-state index contributed by atoms with van der Waals surface area (Å²) in [6.07, 6.45) is 2.54. The van der Waals surface area contributed by atoms with Crippen LogP contribution in [-0.2, 0) is 0 Å². The highest BCUT2D eigenvalue weighted by Gasteiger charge is 2.30. The van der Waals surface area contributed by atoms with Crippen LogP contribution in [-0.4, -0.2) is 14.8 Å². The normalized spacial score (nSPS) is 20.8. The van der Waals surface area contributed by atoms with Gasteiger partial charge in [-0.2, -0.15) is 10.1 Å². The van der Waals surface area contributed by atoms with E-state index >= 15 is 0 Å². The van der Waals surface area contributed by atoms with Crippen molar-refractivity contribution in [1.82, 2.24) is 14.8 Å². The lowest BCUT2D eigenvalue weighted by Crippen LogP contribution is -2.27. The molecule has 0 unspecified atom stereocenters. The van der Waals surface area contributed by atoms with Crippen LogP contribution in [0.15, 0.2) is 48.1 Å². The second-order valence-corrected chi connectivity index (χ2v) is 6.46. The topological polar surface area (TPSA) is 42.7 Å². The number of halogens is 1. The van der Waals surface area contributed by atoms with E-state index in [1.54, 1.807) is 17.7 Å². The molecule has 1 aromatic carbocycles. The number of aromatic nitrogens is 3. The van der Waals surface area contributed by atoms with Gasteiger partial charge in [0.2, 0.25) is 5.95 Å². The summed E-state index contributed by atoms with van der Waals surface area (Å²) in [4.78, 5) is 5.65. The number of fused-ring (bicyclic) bond motifs is 1. The molecule has 0 radical (unpaired) electrons. The average Bonchev–Trinajstić information content (AvgIpc) is 3.18. The lowest BCUT2D eigenvalue weighted by molar-refractivity contribution is 0.433. The largest absolute Gasteiger partial charge is 0.347 e. The minimum Gasteiger partial charge on any atom is -0.347 e. The molecule has 0 saturated carbocycles. The molecule has 1 aliphatic heterocycles. The number of hydrogen-bond acceptors (Lipinski definition) is 4. The van der Waals surface area contributed by atoms with Crippen molar-refractivity contribution in [3.63, 3.8) is 0 Å². The van der Waals surface area contributed by atoms with Gasteiger partial charge >= 0.3 is 0 Å². The highest BCUT2D eigenvalue weighted by molar-refractivity contribution is 7.10. The first-order valence-corrected chi connectivity index (χ1v) is 8.02. The average molecular weight is 317 g/mol. The Labute approximate surface area is 131 Å². The van der Waals surface area contributed by atoms with E-state index in [1.807, 2.05) is 16.8 Å². The Balaban J connectivity index is 1.74. The second-order valence-electron chi connectivity index (χ2n) is 5.04. The van der Waals surface area contributed by atoms with Crippen LogP contribution in [0.2, 0.25) is 5.02 Å². The smallest absolute Gasteiger partial charge is 0.222 e. The Morgan fingerprint density at radius 3 is 2.86 bits per heavy atom. The van der Waals surface area contributed by atoms with Crippen molar-refractivity contribution < 1.29 is 0 Å². The number of nitrogens with one attached hydrogen (secondary N) is 1. The molecular weight excluding hydrogens is 304 g/mol. The Morgan fingerprint density at radius 2 is 2.10 bits per heavy atom. The second kappa shape index (κ2) is 5.16. The summed E-state index contributed by atoms with van der Waals surface area (Å²) in [6.45, 7) is 0. The maximum atomic E-state index is 5.99. The monoisotopic (exact) mass is 316 g/mol. The maximum absolute atomic E-state index is 5.99. The Bertz CT molecular complexity index is 735. The zero-order valence-electron chi connectivity index (χ0n) is 11.1. The van der Waals surface area contributed by atoms with Crippen molar-refractivity contribution in [2.75, 3.05) is 5.32 Å². The summed E-state index contributed by atoms with van der Waals surface area (Å²) in [5.41, 5.74) is 1.20. The van der Waals surface area contributed by atoms with E-state index in [-0.39, 0.29) is 12.1 Å². The van der Waals surface area contributed by atoms with Crippen LogP contribution < -0.4 is 5.32 Å². The van der Waals surface area contributed by atoms with Gasteiger partial charge in [-0.05, 0) is 35.6 Å². The summed E-state index contributed by atoms with van der Waals surface area (Å²) in [5.74, 6) is 0.819. The molecule has 0 bridgehead atoms. The molecule has 106 valence electrons. The molecule has 2 aromatic heterocycles.